The highest BCUT2D eigenvalue weighted by atomic mass is 16.6. The number of hydrogen-bond donors (Lipinski definition) is 0. The van der Waals surface area contributed by atoms with E-state index in [4.69, 9.17) is 4.74 Å². The molecule has 0 spiro atoms. The fourth-order valence-electron chi connectivity index (χ4n) is 0.730. The molecule has 0 rings (SSSR count). The summed E-state index contributed by atoms with van der Waals surface area (Å²) in [6.45, 7) is 3.72. The number of carbonyl (C=O) groups excluding carboxylic acids is 1. The summed E-state index contributed by atoms with van der Waals surface area (Å²) in [6.07, 6.45) is 7.21. The lowest BCUT2D eigenvalue weighted by Crippen LogP contribution is -2.16. The molecule has 0 aromatic rings. The molecule has 0 fully saturated rings. The fraction of sp³-hybridized carbons (Fsp3) is 0.500. The number of carbonyl (C=O) groups is 1. The van der Waals surface area contributed by atoms with Crippen LogP contribution in [0.5, 0.6) is 0 Å². The first-order valence-electron chi connectivity index (χ1n) is 4.18. The molecule has 13 heavy (non-hydrogen) atoms. The van der Waals surface area contributed by atoms with Crippen LogP contribution >= 0.6 is 0 Å². The van der Waals surface area contributed by atoms with Crippen molar-refractivity contribution in [2.45, 2.75) is 20.0 Å². The largest absolute Gasteiger partial charge is 0.457 e. The number of methoxy groups -OCH3 is 1. The Bertz CT molecular complexity index is 194. The molecule has 1 unspecified atom stereocenters. The molecule has 0 bridgehead atoms. The topological polar surface area (TPSA) is 35.5 Å². The zero-order valence-corrected chi connectivity index (χ0v) is 8.32. The molecule has 0 N–H and O–H groups in total. The summed E-state index contributed by atoms with van der Waals surface area (Å²) in [6, 6.07) is 0. The Hall–Kier alpha value is -1.09. The van der Waals surface area contributed by atoms with Crippen LogP contribution in [-0.2, 0) is 14.3 Å². The fourth-order valence-corrected chi connectivity index (χ4v) is 0.730. The summed E-state index contributed by atoms with van der Waals surface area (Å²) in [5.41, 5.74) is 0. The molecule has 3 nitrogen and oxygen atoms in total. The van der Waals surface area contributed by atoms with Gasteiger partial charge in [-0.3, -0.25) is 0 Å². The summed E-state index contributed by atoms with van der Waals surface area (Å²) in [7, 11) is 1.46. The van der Waals surface area contributed by atoms with E-state index in [0.717, 1.165) is 0 Å². The zero-order valence-electron chi connectivity index (χ0n) is 8.32. The summed E-state index contributed by atoms with van der Waals surface area (Å²) in [4.78, 5) is 10.9. The van der Waals surface area contributed by atoms with Gasteiger partial charge in [-0.05, 0) is 19.9 Å². The van der Waals surface area contributed by atoms with Gasteiger partial charge in [0.15, 0.2) is 0 Å². The van der Waals surface area contributed by atoms with Gasteiger partial charge in [-0.25, -0.2) is 4.79 Å². The quantitative estimate of drug-likeness (QED) is 0.482. The third kappa shape index (κ3) is 7.28. The van der Waals surface area contributed by atoms with Crippen molar-refractivity contribution in [3.8, 4) is 0 Å². The molecule has 3 heteroatoms. The van der Waals surface area contributed by atoms with Gasteiger partial charge in [0.05, 0.1) is 0 Å². The van der Waals surface area contributed by atoms with Gasteiger partial charge in [0.2, 0.25) is 0 Å². The van der Waals surface area contributed by atoms with Crippen LogP contribution in [0, 0.1) is 0 Å². The molecule has 0 aromatic carbocycles. The number of allylic oxidation sites excluding steroid dienone is 3. The molecular weight excluding hydrogens is 168 g/mol. The smallest absolute Gasteiger partial charge is 0.332 e. The van der Waals surface area contributed by atoms with Gasteiger partial charge in [-0.2, -0.15) is 0 Å². The normalized spacial score (nSPS) is 13.8. The number of rotatable bonds is 5. The first kappa shape index (κ1) is 11.9. The number of ether oxygens (including phenoxy) is 2. The van der Waals surface area contributed by atoms with Crippen LogP contribution in [0.2, 0.25) is 0 Å². The van der Waals surface area contributed by atoms with E-state index >= 15 is 0 Å². The first-order chi connectivity index (χ1) is 6.20. The number of hydrogen-bond acceptors (Lipinski definition) is 3. The van der Waals surface area contributed by atoms with Crippen molar-refractivity contribution >= 4 is 5.97 Å². The van der Waals surface area contributed by atoms with Crippen molar-refractivity contribution in [2.75, 3.05) is 13.7 Å². The maximum atomic E-state index is 10.9. The van der Waals surface area contributed by atoms with Gasteiger partial charge in [-0.15, -0.1) is 0 Å². The minimum absolute atomic E-state index is 0.00178. The van der Waals surface area contributed by atoms with Crippen molar-refractivity contribution in [3.63, 3.8) is 0 Å². The van der Waals surface area contributed by atoms with E-state index in [1.165, 1.54) is 7.11 Å². The maximum Gasteiger partial charge on any atom is 0.332 e. The highest BCUT2D eigenvalue weighted by Crippen LogP contribution is 1.94. The van der Waals surface area contributed by atoms with Crippen molar-refractivity contribution < 1.29 is 14.3 Å². The summed E-state index contributed by atoms with van der Waals surface area (Å²) >= 11 is 0. The van der Waals surface area contributed by atoms with E-state index in [9.17, 15) is 4.79 Å². The SMILES string of the molecule is C/C=C/C=C/C(C)OC(=O)COC. The lowest BCUT2D eigenvalue weighted by Gasteiger charge is -2.07. The van der Waals surface area contributed by atoms with Crippen molar-refractivity contribution in [1.82, 2.24) is 0 Å². The monoisotopic (exact) mass is 184 g/mol. The van der Waals surface area contributed by atoms with Gasteiger partial charge in [0.25, 0.3) is 0 Å². The van der Waals surface area contributed by atoms with Gasteiger partial charge < -0.3 is 9.47 Å². The highest BCUT2D eigenvalue weighted by Gasteiger charge is 2.04. The third-order valence-corrected chi connectivity index (χ3v) is 1.27. The van der Waals surface area contributed by atoms with Crippen LogP contribution < -0.4 is 0 Å². The van der Waals surface area contributed by atoms with Gasteiger partial charge in [0.1, 0.15) is 12.7 Å². The summed E-state index contributed by atoms with van der Waals surface area (Å²) < 4.78 is 9.57. The van der Waals surface area contributed by atoms with Crippen molar-refractivity contribution in [3.05, 3.63) is 24.3 Å². The Balaban J connectivity index is 3.73. The van der Waals surface area contributed by atoms with Crippen molar-refractivity contribution in [2.24, 2.45) is 0 Å². The molecule has 0 aliphatic rings. The Kier molecular flexibility index (Phi) is 6.92. The maximum absolute atomic E-state index is 10.9. The predicted octanol–water partition coefficient (Wildman–Crippen LogP) is 1.70. The second-order valence-corrected chi connectivity index (χ2v) is 2.54. The molecule has 0 aromatic heterocycles. The van der Waals surface area contributed by atoms with Crippen LogP contribution in [0.4, 0.5) is 0 Å². The Morgan fingerprint density at radius 3 is 2.69 bits per heavy atom. The molecule has 0 saturated heterocycles. The number of esters is 1. The lowest BCUT2D eigenvalue weighted by atomic mass is 10.3. The first-order valence-corrected chi connectivity index (χ1v) is 4.18. The van der Waals surface area contributed by atoms with E-state index in [-0.39, 0.29) is 18.7 Å². The Morgan fingerprint density at radius 2 is 2.15 bits per heavy atom. The van der Waals surface area contributed by atoms with Crippen LogP contribution in [0.15, 0.2) is 24.3 Å². The minimum atomic E-state index is -0.347. The zero-order chi connectivity index (χ0) is 10.1. The van der Waals surface area contributed by atoms with E-state index < -0.39 is 0 Å². The summed E-state index contributed by atoms with van der Waals surface area (Å²) in [5, 5.41) is 0. The van der Waals surface area contributed by atoms with Gasteiger partial charge >= 0.3 is 5.97 Å². The van der Waals surface area contributed by atoms with E-state index in [2.05, 4.69) is 4.74 Å². The molecule has 0 heterocycles. The third-order valence-electron chi connectivity index (χ3n) is 1.27. The Labute approximate surface area is 79.0 Å². The molecule has 0 aliphatic heterocycles. The highest BCUT2D eigenvalue weighted by molar-refractivity contribution is 5.70. The molecule has 0 amide bonds. The van der Waals surface area contributed by atoms with E-state index in [1.807, 2.05) is 25.2 Å². The van der Waals surface area contributed by atoms with Gasteiger partial charge in [0, 0.05) is 7.11 Å². The molecule has 74 valence electrons. The standard InChI is InChI=1S/C10H16O3/c1-4-5-6-7-9(2)13-10(11)8-12-3/h4-7,9H,8H2,1-3H3/b5-4+,7-6+. The molecule has 0 radical (unpaired) electrons. The molecular formula is C10H16O3. The lowest BCUT2D eigenvalue weighted by molar-refractivity contribution is -0.150. The van der Waals surface area contributed by atoms with Crippen LogP contribution in [-0.4, -0.2) is 25.8 Å². The van der Waals surface area contributed by atoms with Gasteiger partial charge in [-0.1, -0.05) is 18.2 Å². The Morgan fingerprint density at radius 1 is 1.46 bits per heavy atom. The van der Waals surface area contributed by atoms with Crippen LogP contribution in [0.1, 0.15) is 13.8 Å². The molecule has 0 aliphatic carbocycles. The molecule has 0 saturated carbocycles. The van der Waals surface area contributed by atoms with Crippen molar-refractivity contribution in [1.29, 1.82) is 0 Å². The second kappa shape index (κ2) is 7.55. The summed E-state index contributed by atoms with van der Waals surface area (Å²) in [5.74, 6) is -0.347. The average molecular weight is 184 g/mol. The second-order valence-electron chi connectivity index (χ2n) is 2.54. The van der Waals surface area contributed by atoms with Crippen LogP contribution in [0.3, 0.4) is 0 Å². The molecule has 1 atom stereocenters. The average Bonchev–Trinajstić information content (AvgIpc) is 2.05. The van der Waals surface area contributed by atoms with E-state index in [1.54, 1.807) is 13.0 Å². The van der Waals surface area contributed by atoms with E-state index in [0.29, 0.717) is 0 Å². The predicted molar refractivity (Wildman–Crippen MR) is 51.4 cm³/mol. The van der Waals surface area contributed by atoms with Crippen LogP contribution in [0.25, 0.3) is 0 Å². The minimum Gasteiger partial charge on any atom is -0.457 e.